The lowest BCUT2D eigenvalue weighted by atomic mass is 10.1. The van der Waals surface area contributed by atoms with Gasteiger partial charge in [-0.15, -0.1) is 0 Å². The SMILES string of the molecule is Cc1ccc(NS(=O)(=O)c2cc(C(=O)NCCCN3CCOCC3)ccc2C)c(C)c1. The number of hydrogen-bond donors (Lipinski definition) is 2. The molecule has 1 heterocycles. The second kappa shape index (κ2) is 10.3. The molecule has 0 atom stereocenters. The van der Waals surface area contributed by atoms with E-state index in [4.69, 9.17) is 4.74 Å². The number of hydrogen-bond acceptors (Lipinski definition) is 5. The molecule has 1 saturated heterocycles. The molecular weight excluding hydrogens is 414 g/mol. The molecule has 168 valence electrons. The third-order valence-electron chi connectivity index (χ3n) is 5.41. The summed E-state index contributed by atoms with van der Waals surface area (Å²) in [6, 6.07) is 10.3. The quantitative estimate of drug-likeness (QED) is 0.610. The van der Waals surface area contributed by atoms with Crippen molar-refractivity contribution in [2.75, 3.05) is 44.1 Å². The smallest absolute Gasteiger partial charge is 0.262 e. The molecule has 0 radical (unpaired) electrons. The first kappa shape index (κ1) is 23.2. The fourth-order valence-electron chi connectivity index (χ4n) is 3.59. The van der Waals surface area contributed by atoms with E-state index in [0.717, 1.165) is 50.4 Å². The van der Waals surface area contributed by atoms with E-state index in [1.807, 2.05) is 26.0 Å². The summed E-state index contributed by atoms with van der Waals surface area (Å²) in [5.74, 6) is -0.273. The van der Waals surface area contributed by atoms with Crippen LogP contribution in [0.3, 0.4) is 0 Å². The lowest BCUT2D eigenvalue weighted by molar-refractivity contribution is 0.0374. The van der Waals surface area contributed by atoms with E-state index >= 15 is 0 Å². The van der Waals surface area contributed by atoms with Gasteiger partial charge in [0.2, 0.25) is 0 Å². The lowest BCUT2D eigenvalue weighted by Gasteiger charge is -2.26. The molecule has 0 unspecified atom stereocenters. The van der Waals surface area contributed by atoms with Crippen molar-refractivity contribution in [1.82, 2.24) is 10.2 Å². The summed E-state index contributed by atoms with van der Waals surface area (Å²) < 4.78 is 34.0. The van der Waals surface area contributed by atoms with Crippen molar-refractivity contribution in [3.63, 3.8) is 0 Å². The van der Waals surface area contributed by atoms with Crippen LogP contribution in [-0.2, 0) is 14.8 Å². The Labute approximate surface area is 184 Å². The van der Waals surface area contributed by atoms with Crippen LogP contribution in [0.1, 0.15) is 33.5 Å². The molecule has 7 nitrogen and oxygen atoms in total. The van der Waals surface area contributed by atoms with E-state index in [0.29, 0.717) is 23.4 Å². The van der Waals surface area contributed by atoms with Crippen molar-refractivity contribution in [2.24, 2.45) is 0 Å². The van der Waals surface area contributed by atoms with Crippen LogP contribution in [0.4, 0.5) is 5.69 Å². The molecule has 1 aliphatic rings. The van der Waals surface area contributed by atoms with E-state index in [1.54, 1.807) is 25.1 Å². The maximum absolute atomic E-state index is 13.0. The molecule has 3 rings (SSSR count). The number of benzene rings is 2. The van der Waals surface area contributed by atoms with Gasteiger partial charge in [-0.3, -0.25) is 14.4 Å². The number of carbonyl (C=O) groups is 1. The molecule has 8 heteroatoms. The zero-order valence-corrected chi connectivity index (χ0v) is 19.2. The fourth-order valence-corrected chi connectivity index (χ4v) is 4.99. The summed E-state index contributed by atoms with van der Waals surface area (Å²) in [6.07, 6.45) is 0.830. The van der Waals surface area contributed by atoms with E-state index < -0.39 is 10.0 Å². The molecule has 31 heavy (non-hydrogen) atoms. The van der Waals surface area contributed by atoms with Gasteiger partial charge < -0.3 is 10.1 Å². The van der Waals surface area contributed by atoms with Crippen LogP contribution < -0.4 is 10.0 Å². The highest BCUT2D eigenvalue weighted by atomic mass is 32.2. The average Bonchev–Trinajstić information content (AvgIpc) is 2.74. The highest BCUT2D eigenvalue weighted by Crippen LogP contribution is 2.23. The van der Waals surface area contributed by atoms with Crippen LogP contribution in [-0.4, -0.2) is 58.6 Å². The van der Waals surface area contributed by atoms with Gasteiger partial charge in [0.05, 0.1) is 23.8 Å². The lowest BCUT2D eigenvalue weighted by Crippen LogP contribution is -2.38. The van der Waals surface area contributed by atoms with Crippen molar-refractivity contribution in [1.29, 1.82) is 0 Å². The van der Waals surface area contributed by atoms with Crippen LogP contribution in [0.2, 0.25) is 0 Å². The summed E-state index contributed by atoms with van der Waals surface area (Å²) in [6.45, 7) is 10.3. The van der Waals surface area contributed by atoms with E-state index in [-0.39, 0.29) is 10.8 Å². The summed E-state index contributed by atoms with van der Waals surface area (Å²) >= 11 is 0. The molecular formula is C23H31N3O4S. The molecule has 2 N–H and O–H groups in total. The van der Waals surface area contributed by atoms with Crippen molar-refractivity contribution < 1.29 is 17.9 Å². The Morgan fingerprint density at radius 3 is 2.48 bits per heavy atom. The third-order valence-corrected chi connectivity index (χ3v) is 6.91. The van der Waals surface area contributed by atoms with Crippen LogP contribution in [0.5, 0.6) is 0 Å². The zero-order valence-electron chi connectivity index (χ0n) is 18.4. The largest absolute Gasteiger partial charge is 0.379 e. The maximum atomic E-state index is 13.0. The highest BCUT2D eigenvalue weighted by Gasteiger charge is 2.20. The van der Waals surface area contributed by atoms with Crippen LogP contribution in [0, 0.1) is 20.8 Å². The number of anilines is 1. The Morgan fingerprint density at radius 1 is 1.03 bits per heavy atom. The normalized spacial score (nSPS) is 14.9. The van der Waals surface area contributed by atoms with Gasteiger partial charge in [-0.1, -0.05) is 23.8 Å². The number of amides is 1. The Kier molecular flexibility index (Phi) is 7.69. The fraction of sp³-hybridized carbons (Fsp3) is 0.435. The molecule has 0 spiro atoms. The predicted molar refractivity (Wildman–Crippen MR) is 122 cm³/mol. The molecule has 1 fully saturated rings. The minimum Gasteiger partial charge on any atom is -0.379 e. The van der Waals surface area contributed by atoms with Crippen LogP contribution in [0.25, 0.3) is 0 Å². The van der Waals surface area contributed by atoms with Crippen molar-refractivity contribution in [3.05, 3.63) is 58.7 Å². The van der Waals surface area contributed by atoms with E-state index in [9.17, 15) is 13.2 Å². The molecule has 2 aromatic carbocycles. The maximum Gasteiger partial charge on any atom is 0.262 e. The van der Waals surface area contributed by atoms with Gasteiger partial charge in [-0.2, -0.15) is 0 Å². The Morgan fingerprint density at radius 2 is 1.77 bits per heavy atom. The first-order valence-corrected chi connectivity index (χ1v) is 12.0. The molecule has 0 aromatic heterocycles. The van der Waals surface area contributed by atoms with Crippen molar-refractivity contribution >= 4 is 21.6 Å². The summed E-state index contributed by atoms with van der Waals surface area (Å²) in [7, 11) is -3.82. The van der Waals surface area contributed by atoms with Gasteiger partial charge in [0.25, 0.3) is 15.9 Å². The minimum absolute atomic E-state index is 0.105. The number of sulfonamides is 1. The molecule has 1 aliphatic heterocycles. The standard InChI is InChI=1S/C23H31N3O4S/c1-17-5-8-21(19(3)15-17)25-31(28,29)22-16-20(7-6-18(22)2)23(27)24-9-4-10-26-11-13-30-14-12-26/h5-8,15-16,25H,4,9-14H2,1-3H3,(H,24,27). The number of rotatable bonds is 8. The molecule has 0 aliphatic carbocycles. The van der Waals surface area contributed by atoms with Crippen molar-refractivity contribution in [2.45, 2.75) is 32.1 Å². The summed E-state index contributed by atoms with van der Waals surface area (Å²) in [5, 5.41) is 2.89. The Bertz CT molecular complexity index is 1030. The topological polar surface area (TPSA) is 87.7 Å². The Hall–Kier alpha value is -2.42. The van der Waals surface area contributed by atoms with Gasteiger partial charge in [-0.05, 0) is 63.1 Å². The molecule has 0 bridgehead atoms. The molecule has 0 saturated carbocycles. The number of nitrogens with zero attached hydrogens (tertiary/aromatic N) is 1. The zero-order chi connectivity index (χ0) is 22.4. The number of aryl methyl sites for hydroxylation is 3. The Balaban J connectivity index is 1.65. The number of nitrogens with one attached hydrogen (secondary N) is 2. The summed E-state index contributed by atoms with van der Waals surface area (Å²) in [5.41, 5.74) is 3.35. The van der Waals surface area contributed by atoms with E-state index in [2.05, 4.69) is 14.9 Å². The third kappa shape index (κ3) is 6.29. The van der Waals surface area contributed by atoms with Crippen LogP contribution in [0.15, 0.2) is 41.3 Å². The van der Waals surface area contributed by atoms with Crippen LogP contribution >= 0.6 is 0 Å². The average molecular weight is 446 g/mol. The monoisotopic (exact) mass is 445 g/mol. The number of carbonyl (C=O) groups excluding carboxylic acids is 1. The van der Waals surface area contributed by atoms with Gasteiger partial charge >= 0.3 is 0 Å². The van der Waals surface area contributed by atoms with Gasteiger partial charge in [0, 0.05) is 25.2 Å². The molecule has 2 aromatic rings. The van der Waals surface area contributed by atoms with Crippen molar-refractivity contribution in [3.8, 4) is 0 Å². The first-order valence-electron chi connectivity index (χ1n) is 10.6. The van der Waals surface area contributed by atoms with Gasteiger partial charge in [-0.25, -0.2) is 8.42 Å². The predicted octanol–water partition coefficient (Wildman–Crippen LogP) is 2.86. The highest BCUT2D eigenvalue weighted by molar-refractivity contribution is 7.92. The first-order chi connectivity index (χ1) is 14.8. The van der Waals surface area contributed by atoms with Gasteiger partial charge in [0.15, 0.2) is 0 Å². The molecule has 1 amide bonds. The summed E-state index contributed by atoms with van der Waals surface area (Å²) in [4.78, 5) is 15.0. The number of morpholine rings is 1. The second-order valence-corrected chi connectivity index (χ2v) is 9.62. The number of ether oxygens (including phenoxy) is 1. The minimum atomic E-state index is -3.82. The van der Waals surface area contributed by atoms with Gasteiger partial charge in [0.1, 0.15) is 0 Å². The van der Waals surface area contributed by atoms with E-state index in [1.165, 1.54) is 6.07 Å². The second-order valence-electron chi connectivity index (χ2n) is 7.97.